The minimum atomic E-state index is -3.69. The number of aryl methyl sites for hydroxylation is 4. The van der Waals surface area contributed by atoms with Crippen molar-refractivity contribution in [2.24, 2.45) is 0 Å². The fourth-order valence-electron chi connectivity index (χ4n) is 12.7. The number of carbonyl (C=O) groups is 3. The normalized spacial score (nSPS) is 17.8. The van der Waals surface area contributed by atoms with Crippen LogP contribution in [-0.2, 0) is 64.1 Å². The molecule has 103 heavy (non-hydrogen) atoms. The third kappa shape index (κ3) is 17.7. The molecule has 546 valence electrons. The van der Waals surface area contributed by atoms with E-state index < -0.39 is 70.1 Å². The van der Waals surface area contributed by atoms with Crippen LogP contribution in [0.1, 0.15) is 136 Å². The van der Waals surface area contributed by atoms with Gasteiger partial charge in [-0.1, -0.05) is 128 Å². The van der Waals surface area contributed by atoms with Crippen LogP contribution < -0.4 is 38.5 Å². The van der Waals surface area contributed by atoms with Gasteiger partial charge in [0.1, 0.15) is 0 Å². The highest BCUT2D eigenvalue weighted by molar-refractivity contribution is 7.93. The van der Waals surface area contributed by atoms with Gasteiger partial charge >= 0.3 is 24.1 Å². The molecule has 0 saturated carbocycles. The fraction of sp³-hybridized carbons (Fsp3) is 0.307. The lowest BCUT2D eigenvalue weighted by Gasteiger charge is -2.22. The summed E-state index contributed by atoms with van der Waals surface area (Å²) in [6, 6.07) is 50.4. The van der Waals surface area contributed by atoms with Crippen molar-refractivity contribution in [2.45, 2.75) is 117 Å². The molecule has 24 nitrogen and oxygen atoms in total. The smallest absolute Gasteiger partial charge is 0.373 e. The Hall–Kier alpha value is -9.61. The van der Waals surface area contributed by atoms with Crippen LogP contribution in [0.3, 0.4) is 0 Å². The highest BCUT2D eigenvalue weighted by Crippen LogP contribution is 2.45. The van der Waals surface area contributed by atoms with E-state index in [1.54, 1.807) is 88.9 Å². The van der Waals surface area contributed by atoms with Gasteiger partial charge in [0.25, 0.3) is 40.1 Å². The van der Waals surface area contributed by atoms with E-state index in [0.717, 1.165) is 74.3 Å². The molecule has 4 aliphatic rings. The predicted molar refractivity (Wildman–Crippen MR) is 394 cm³/mol. The summed E-state index contributed by atoms with van der Waals surface area (Å²) in [4.78, 5) is 49.8. The van der Waals surface area contributed by atoms with E-state index in [0.29, 0.717) is 57.4 Å². The van der Waals surface area contributed by atoms with E-state index in [1.165, 1.54) is 17.2 Å². The molecule has 0 radical (unpaired) electrons. The van der Waals surface area contributed by atoms with Gasteiger partial charge in [-0.3, -0.25) is 31.6 Å². The monoisotopic (exact) mass is 1480 g/mol. The van der Waals surface area contributed by atoms with Crippen LogP contribution >= 0.6 is 0 Å². The summed E-state index contributed by atoms with van der Waals surface area (Å²) in [6.45, 7) is 11.5. The first-order chi connectivity index (χ1) is 48.8. The molecule has 0 bridgehead atoms. The zero-order valence-electron chi connectivity index (χ0n) is 58.6. The minimum Gasteiger partial charge on any atom is -0.481 e. The van der Waals surface area contributed by atoms with Crippen LogP contribution in [0.25, 0.3) is 0 Å². The maximum absolute atomic E-state index is 13.2. The SMILES string of the molecule is CCCNC1c2ccccc2N(C)S(=O)(=O)c2cc(C)ccc21.Cc1ccc2c(c1)S(=O)(=O)N(C)c1ccccc1C2NCCC(=O)O.Cc1ccc2c(c1)S(=O)(=O)N(C)c1ccccc1C2NCCC(=O)O.Cc1ccc2c(c1)S(=O)(=O)N(C)c1ccccc1C2NCCCCC(=O)O.O=C=O. The third-order valence-electron chi connectivity index (χ3n) is 18.0. The number of carbonyl (C=O) groups excluding carboxylic acids is 2. The molecule has 0 aliphatic carbocycles. The molecule has 0 spiro atoms. The Morgan fingerprint density at radius 1 is 0.350 bits per heavy atom. The van der Waals surface area contributed by atoms with Gasteiger partial charge < -0.3 is 36.6 Å². The number of nitrogens with one attached hydrogen (secondary N) is 4. The number of unbranched alkanes of at least 4 members (excludes halogenated alkanes) is 1. The number of carboxylic acid groups (broad SMARTS) is 3. The van der Waals surface area contributed by atoms with E-state index in [-0.39, 0.29) is 60.4 Å². The van der Waals surface area contributed by atoms with Crippen molar-refractivity contribution in [3.05, 3.63) is 237 Å². The van der Waals surface area contributed by atoms with Crippen molar-refractivity contribution in [2.75, 3.05) is 71.6 Å². The molecule has 0 amide bonds. The molecule has 12 rings (SSSR count). The third-order valence-corrected chi connectivity index (χ3v) is 25.3. The quantitative estimate of drug-likeness (QED) is 0.0417. The zero-order valence-corrected chi connectivity index (χ0v) is 61.9. The van der Waals surface area contributed by atoms with Crippen molar-refractivity contribution in [1.29, 1.82) is 0 Å². The van der Waals surface area contributed by atoms with Gasteiger partial charge in [-0.15, -0.1) is 0 Å². The standard InChI is InChI=1S/C20H24N2O4S.2C18H20N2O4S.C18H22N2O2S.CO2/c1-14-10-11-16-18(13-14)27(25,26)22(2)17-8-4-3-7-15(17)20(16)21-12-6-5-9-19(23)24;2*1-12-7-8-14-16(11-12)25(23,24)20(2)15-6-4-3-5-13(15)18(14)19-10-9-17(21)22;1-4-11-19-18-14-7-5-6-8-16(14)20(3)23(21,22)17-12-13(2)9-10-15(17)18;2-1-3/h3-4,7-8,10-11,13,20-21H,5-6,9,12H2,1-2H3,(H,23,24);2*3-8,11,18-19H,9-10H2,1-2H3,(H,21,22);5-10,12,18-19H,4,11H2,1-3H3;. The van der Waals surface area contributed by atoms with Gasteiger partial charge in [0.2, 0.25) is 0 Å². The van der Waals surface area contributed by atoms with Gasteiger partial charge in [-0.05, 0) is 175 Å². The zero-order chi connectivity index (χ0) is 75.3. The number of benzene rings is 8. The molecule has 0 saturated heterocycles. The summed E-state index contributed by atoms with van der Waals surface area (Å²) in [7, 11) is -8.31. The van der Waals surface area contributed by atoms with Gasteiger partial charge in [0.05, 0.1) is 79.3 Å². The molecule has 8 aromatic carbocycles. The summed E-state index contributed by atoms with van der Waals surface area (Å²) in [5.41, 5.74) is 12.4. The van der Waals surface area contributed by atoms with E-state index in [2.05, 4.69) is 28.2 Å². The largest absolute Gasteiger partial charge is 0.481 e. The van der Waals surface area contributed by atoms with Crippen LogP contribution in [0.15, 0.2) is 189 Å². The topological polar surface area (TPSA) is 344 Å². The molecule has 4 aliphatic heterocycles. The van der Waals surface area contributed by atoms with E-state index >= 15 is 0 Å². The van der Waals surface area contributed by atoms with Crippen molar-refractivity contribution in [3.8, 4) is 0 Å². The number of hydrogen-bond donors (Lipinski definition) is 7. The first-order valence-electron chi connectivity index (χ1n) is 33.2. The maximum Gasteiger partial charge on any atom is 0.373 e. The number of aliphatic carboxylic acids is 3. The minimum absolute atomic E-state index is 0.0392. The molecule has 0 fully saturated rings. The summed E-state index contributed by atoms with van der Waals surface area (Å²) in [5, 5.41) is 40.0. The van der Waals surface area contributed by atoms with Gasteiger partial charge in [0.15, 0.2) is 0 Å². The molecular formula is C75H86N8O16S4. The lowest BCUT2D eigenvalue weighted by Crippen LogP contribution is -2.26. The van der Waals surface area contributed by atoms with Crippen molar-refractivity contribution < 1.29 is 73.0 Å². The predicted octanol–water partition coefficient (Wildman–Crippen LogP) is 10.3. The summed E-state index contributed by atoms with van der Waals surface area (Å²) in [6.07, 6.45) is 2.58. The van der Waals surface area contributed by atoms with Crippen molar-refractivity contribution in [3.63, 3.8) is 0 Å². The number of nitrogens with zero attached hydrogens (tertiary/aromatic N) is 4. The van der Waals surface area contributed by atoms with Gasteiger partial charge in [-0.25, -0.2) is 33.7 Å². The number of para-hydroxylation sites is 4. The van der Waals surface area contributed by atoms with E-state index in [1.807, 2.05) is 137 Å². The second kappa shape index (κ2) is 34.1. The van der Waals surface area contributed by atoms with Gasteiger partial charge in [-0.2, -0.15) is 9.59 Å². The number of anilines is 4. The molecule has 8 aromatic rings. The van der Waals surface area contributed by atoms with Crippen molar-refractivity contribution >= 4 is 86.9 Å². The van der Waals surface area contributed by atoms with Crippen LogP contribution in [0.2, 0.25) is 0 Å². The second-order valence-electron chi connectivity index (χ2n) is 25.1. The average Bonchev–Trinajstić information content (AvgIpc) is 1.65. The molecular weight excluding hydrogens is 1400 g/mol. The molecule has 28 heteroatoms. The molecule has 7 N–H and O–H groups in total. The summed E-state index contributed by atoms with van der Waals surface area (Å²) < 4.78 is 110. The number of rotatable bonds is 17. The van der Waals surface area contributed by atoms with Gasteiger partial charge in [0, 0.05) is 47.7 Å². The Kier molecular flexibility index (Phi) is 26.2. The second-order valence-corrected chi connectivity index (χ2v) is 32.8. The lowest BCUT2D eigenvalue weighted by atomic mass is 9.96. The number of fused-ring (bicyclic) bond motifs is 8. The van der Waals surface area contributed by atoms with Crippen LogP contribution in [-0.4, -0.2) is 127 Å². The van der Waals surface area contributed by atoms with E-state index in [9.17, 15) is 48.1 Å². The number of carboxylic acids is 3. The Labute approximate surface area is 602 Å². The van der Waals surface area contributed by atoms with Crippen LogP contribution in [0.5, 0.6) is 0 Å². The van der Waals surface area contributed by atoms with E-state index in [4.69, 9.17) is 24.9 Å². The number of hydrogen-bond acceptors (Lipinski definition) is 17. The first kappa shape index (κ1) is 79.1. The Morgan fingerprint density at radius 2 is 0.583 bits per heavy atom. The van der Waals surface area contributed by atoms with Crippen LogP contribution in [0.4, 0.5) is 22.7 Å². The molecule has 0 aromatic heterocycles. The Morgan fingerprint density at radius 3 is 0.825 bits per heavy atom. The average molecular weight is 1480 g/mol. The first-order valence-corrected chi connectivity index (χ1v) is 38.9. The van der Waals surface area contributed by atoms with Crippen molar-refractivity contribution in [1.82, 2.24) is 21.3 Å². The highest BCUT2D eigenvalue weighted by Gasteiger charge is 2.39. The summed E-state index contributed by atoms with van der Waals surface area (Å²) >= 11 is 0. The maximum atomic E-state index is 13.2. The van der Waals surface area contributed by atoms with Crippen LogP contribution in [0, 0.1) is 27.7 Å². The number of sulfonamides is 4. The Balaban J connectivity index is 0.000000172. The highest BCUT2D eigenvalue weighted by atomic mass is 32.2. The Bertz CT molecular complexity index is 4800. The lowest BCUT2D eigenvalue weighted by molar-refractivity contribution is -0.191. The molecule has 4 unspecified atom stereocenters. The molecule has 4 atom stereocenters. The fourth-order valence-corrected chi connectivity index (χ4v) is 18.9. The summed E-state index contributed by atoms with van der Waals surface area (Å²) in [5.74, 6) is -2.60. The molecule has 4 heterocycles.